The van der Waals surface area contributed by atoms with E-state index in [0.717, 1.165) is 30.9 Å². The first kappa shape index (κ1) is 39.9. The summed E-state index contributed by atoms with van der Waals surface area (Å²) in [6, 6.07) is 4.61. The molecule has 3 aliphatic rings. The van der Waals surface area contributed by atoms with Crippen molar-refractivity contribution in [1.82, 2.24) is 29.6 Å². The van der Waals surface area contributed by atoms with E-state index in [2.05, 4.69) is 20.1 Å². The maximum Gasteiger partial charge on any atom is 0.433 e. The van der Waals surface area contributed by atoms with Gasteiger partial charge in [0.05, 0.1) is 30.8 Å². The highest BCUT2D eigenvalue weighted by Gasteiger charge is 2.66. The van der Waals surface area contributed by atoms with Gasteiger partial charge >= 0.3 is 12.1 Å². The highest BCUT2D eigenvalue weighted by molar-refractivity contribution is 6.07. The number of carbonyl (C=O) groups is 5. The predicted molar refractivity (Wildman–Crippen MR) is 201 cm³/mol. The summed E-state index contributed by atoms with van der Waals surface area (Å²) < 4.78 is 47.1. The number of ketones is 3. The van der Waals surface area contributed by atoms with Crippen LogP contribution in [0.25, 0.3) is 22.0 Å². The third kappa shape index (κ3) is 7.72. The van der Waals surface area contributed by atoms with Gasteiger partial charge in [0.25, 0.3) is 0 Å². The van der Waals surface area contributed by atoms with E-state index < -0.39 is 52.8 Å². The van der Waals surface area contributed by atoms with Crippen LogP contribution in [0.2, 0.25) is 0 Å². The van der Waals surface area contributed by atoms with Gasteiger partial charge in [0.1, 0.15) is 23.7 Å². The Hall–Kier alpha value is -5.34. The van der Waals surface area contributed by atoms with Crippen LogP contribution in [0, 0.1) is 17.8 Å². The van der Waals surface area contributed by atoms with Crippen molar-refractivity contribution in [3.05, 3.63) is 70.7 Å². The molecule has 15 heteroatoms. The second-order valence-corrected chi connectivity index (χ2v) is 16.5. The molecule has 300 valence electrons. The van der Waals surface area contributed by atoms with Crippen molar-refractivity contribution in [2.75, 3.05) is 7.11 Å². The fourth-order valence-electron chi connectivity index (χ4n) is 8.74. The summed E-state index contributed by atoms with van der Waals surface area (Å²) in [4.78, 5) is 81.2. The Labute approximate surface area is 327 Å². The zero-order valence-electron chi connectivity index (χ0n) is 32.7. The first-order chi connectivity index (χ1) is 26.9. The third-order valence-electron chi connectivity index (χ3n) is 12.2. The quantitative estimate of drug-likeness (QED) is 0.150. The van der Waals surface area contributed by atoms with Gasteiger partial charge in [0, 0.05) is 48.1 Å². The van der Waals surface area contributed by atoms with E-state index >= 15 is 0 Å². The molecular weight excluding hydrogens is 741 g/mol. The lowest BCUT2D eigenvalue weighted by molar-refractivity contribution is -0.141. The summed E-state index contributed by atoms with van der Waals surface area (Å²) >= 11 is 0. The monoisotopic (exact) mass is 786 g/mol. The predicted octanol–water partition coefficient (Wildman–Crippen LogP) is 6.87. The summed E-state index contributed by atoms with van der Waals surface area (Å²) in [6.45, 7) is 6.60. The minimum absolute atomic E-state index is 0.00168. The normalized spacial score (nSPS) is 22.6. The number of halogens is 3. The number of hydrogen-bond donors (Lipinski definition) is 0. The van der Waals surface area contributed by atoms with E-state index in [4.69, 9.17) is 4.74 Å². The molecule has 0 radical (unpaired) electrons. The second kappa shape index (κ2) is 14.9. The standard InChI is InChI=1S/C42H45F3N6O6/c1-23-10-11-32(42(43,44)45)48-29(23)17-31(53)30-18-41-14-12-34(54)40(3,4)13-8-6-7-9-25-15-26(27-20-46-38(47-21-27)39(56)57-5)16-28-36(24(2)52)49-50(37(25)28)22-35(55)51(30)33(41)19-41/h10-11,15-16,20-21,30,33H,6-9,12-14,17-19,22H2,1-5H3/t30-,33+,41-/m0/s1. The molecule has 2 fully saturated rings. The molecule has 1 saturated carbocycles. The van der Waals surface area contributed by atoms with Gasteiger partial charge < -0.3 is 9.64 Å². The fraction of sp³-hybridized carbons (Fsp3) is 0.500. The van der Waals surface area contributed by atoms with Gasteiger partial charge in [-0.15, -0.1) is 0 Å². The molecule has 4 aromatic rings. The average Bonchev–Trinajstić information content (AvgIpc) is 3.57. The van der Waals surface area contributed by atoms with Crippen molar-refractivity contribution in [2.45, 2.75) is 117 Å². The molecule has 3 atom stereocenters. The van der Waals surface area contributed by atoms with Gasteiger partial charge in [0.2, 0.25) is 11.7 Å². The van der Waals surface area contributed by atoms with Crippen LogP contribution >= 0.6 is 0 Å². The minimum atomic E-state index is -4.69. The molecule has 57 heavy (non-hydrogen) atoms. The fourth-order valence-corrected chi connectivity index (χ4v) is 8.74. The van der Waals surface area contributed by atoms with Gasteiger partial charge in [-0.2, -0.15) is 18.3 Å². The van der Waals surface area contributed by atoms with Crippen LogP contribution in [0.1, 0.15) is 116 Å². The lowest BCUT2D eigenvalue weighted by Crippen LogP contribution is -2.45. The summed E-state index contributed by atoms with van der Waals surface area (Å²) in [6.07, 6.45) is 3.19. The van der Waals surface area contributed by atoms with E-state index in [0.29, 0.717) is 59.7 Å². The minimum Gasteiger partial charge on any atom is -0.463 e. The highest BCUT2D eigenvalue weighted by atomic mass is 19.4. The molecular formula is C42H45F3N6O6. The van der Waals surface area contributed by atoms with Crippen LogP contribution in [0.5, 0.6) is 0 Å². The number of carbonyl (C=O) groups excluding carboxylic acids is 5. The number of pyridine rings is 1. The van der Waals surface area contributed by atoms with E-state index in [9.17, 15) is 37.1 Å². The molecule has 0 spiro atoms. The Morgan fingerprint density at radius 3 is 2.39 bits per heavy atom. The summed E-state index contributed by atoms with van der Waals surface area (Å²) in [5, 5.41) is 5.20. The first-order valence-electron chi connectivity index (χ1n) is 19.3. The van der Waals surface area contributed by atoms with Crippen LogP contribution in [-0.2, 0) is 44.7 Å². The number of alkyl halides is 3. The second-order valence-electron chi connectivity index (χ2n) is 16.5. The molecule has 0 N–H and O–H groups in total. The summed E-state index contributed by atoms with van der Waals surface area (Å²) in [7, 11) is 1.24. The van der Waals surface area contributed by atoms with Gasteiger partial charge in [0.15, 0.2) is 11.6 Å². The van der Waals surface area contributed by atoms with Crippen molar-refractivity contribution in [3.8, 4) is 11.1 Å². The Morgan fingerprint density at radius 2 is 1.70 bits per heavy atom. The molecule has 1 saturated heterocycles. The van der Waals surface area contributed by atoms with Crippen molar-refractivity contribution >= 4 is 40.1 Å². The van der Waals surface area contributed by atoms with E-state index in [1.54, 1.807) is 17.9 Å². The molecule has 2 bridgehead atoms. The van der Waals surface area contributed by atoms with Crippen LogP contribution in [-0.4, -0.2) is 78.1 Å². The van der Waals surface area contributed by atoms with Crippen molar-refractivity contribution in [3.63, 3.8) is 0 Å². The number of benzene rings is 1. The largest absolute Gasteiger partial charge is 0.463 e. The van der Waals surface area contributed by atoms with Crippen molar-refractivity contribution < 1.29 is 41.9 Å². The maximum atomic E-state index is 14.6. The van der Waals surface area contributed by atoms with Crippen LogP contribution < -0.4 is 0 Å². The number of rotatable bonds is 6. The molecule has 12 nitrogen and oxygen atoms in total. The molecule has 1 aromatic carbocycles. The van der Waals surface area contributed by atoms with Gasteiger partial charge in [-0.05, 0) is 85.8 Å². The van der Waals surface area contributed by atoms with E-state index in [1.165, 1.54) is 37.2 Å². The number of ether oxygens (including phenoxy) is 1. The Morgan fingerprint density at radius 1 is 0.965 bits per heavy atom. The number of amides is 1. The van der Waals surface area contributed by atoms with Crippen molar-refractivity contribution in [2.24, 2.45) is 10.8 Å². The lowest BCUT2D eigenvalue weighted by atomic mass is 9.79. The lowest BCUT2D eigenvalue weighted by Gasteiger charge is -2.27. The number of methoxy groups -OCH3 is 1. The highest BCUT2D eigenvalue weighted by Crippen LogP contribution is 2.62. The Balaban J connectivity index is 1.29. The van der Waals surface area contributed by atoms with E-state index in [1.807, 2.05) is 19.9 Å². The zero-order chi connectivity index (χ0) is 41.0. The Kier molecular flexibility index (Phi) is 10.4. The van der Waals surface area contributed by atoms with Gasteiger partial charge in [-0.3, -0.25) is 23.9 Å². The number of hydrogen-bond acceptors (Lipinski definition) is 10. The van der Waals surface area contributed by atoms with Gasteiger partial charge in [-0.1, -0.05) is 32.8 Å². The Bertz CT molecular complexity index is 2300. The number of piperidine rings is 1. The average molecular weight is 787 g/mol. The molecule has 0 unspecified atom stereocenters. The third-order valence-corrected chi connectivity index (χ3v) is 12.2. The first-order valence-corrected chi connectivity index (χ1v) is 19.3. The maximum absolute atomic E-state index is 14.6. The molecule has 1 amide bonds. The SMILES string of the molecule is COC(=O)c1ncc(-c2cc3c4c(c2)c(C(C)=O)nn4CC(=O)N2[C@H](C(=O)Cc4nc(C(F)(F)F)ccc4C)C[C@@]4(CCC(=O)C(C)(C)CCCCC3)C[C@@H]24)cn1. The van der Waals surface area contributed by atoms with Crippen molar-refractivity contribution in [1.29, 1.82) is 0 Å². The molecule has 5 heterocycles. The molecule has 2 aliphatic heterocycles. The number of aryl methyl sites for hydroxylation is 2. The summed E-state index contributed by atoms with van der Waals surface area (Å²) in [5.74, 6) is -1.83. The smallest absolute Gasteiger partial charge is 0.433 e. The summed E-state index contributed by atoms with van der Waals surface area (Å²) in [5.41, 5.74) is 1.09. The number of nitrogens with zero attached hydrogens (tertiary/aromatic N) is 6. The van der Waals surface area contributed by atoms with Crippen LogP contribution in [0.15, 0.2) is 36.7 Å². The number of esters is 1. The molecule has 1 aliphatic carbocycles. The molecule has 7 rings (SSSR count). The van der Waals surface area contributed by atoms with E-state index in [-0.39, 0.29) is 47.8 Å². The number of aromatic nitrogens is 5. The topological polar surface area (TPSA) is 154 Å². The van der Waals surface area contributed by atoms with Crippen LogP contribution in [0.4, 0.5) is 13.2 Å². The molecule has 3 aromatic heterocycles. The number of Topliss-reactive ketones (excluding diaryl/α,β-unsaturated/α-hetero) is 3. The van der Waals surface area contributed by atoms with Crippen LogP contribution in [0.3, 0.4) is 0 Å². The van der Waals surface area contributed by atoms with Gasteiger partial charge in [-0.25, -0.2) is 19.7 Å². The zero-order valence-corrected chi connectivity index (χ0v) is 32.7.